The van der Waals surface area contributed by atoms with Crippen LogP contribution in [-0.4, -0.2) is 46.1 Å². The van der Waals surface area contributed by atoms with E-state index >= 15 is 0 Å². The van der Waals surface area contributed by atoms with Gasteiger partial charge in [-0.25, -0.2) is 8.42 Å². The Morgan fingerprint density at radius 2 is 2.11 bits per heavy atom. The summed E-state index contributed by atoms with van der Waals surface area (Å²) >= 11 is 3.30. The van der Waals surface area contributed by atoms with Crippen molar-refractivity contribution >= 4 is 26.0 Å². The van der Waals surface area contributed by atoms with Crippen molar-refractivity contribution in [1.29, 1.82) is 0 Å². The highest BCUT2D eigenvalue weighted by Gasteiger charge is 2.32. The summed E-state index contributed by atoms with van der Waals surface area (Å²) in [5.74, 6) is 0.607. The van der Waals surface area contributed by atoms with E-state index in [1.807, 2.05) is 0 Å². The maximum atomic E-state index is 12.5. The molecule has 1 aromatic carbocycles. The van der Waals surface area contributed by atoms with Crippen molar-refractivity contribution in [2.45, 2.75) is 17.4 Å². The van der Waals surface area contributed by atoms with Crippen LogP contribution in [0.1, 0.15) is 6.42 Å². The average molecular weight is 350 g/mol. The van der Waals surface area contributed by atoms with Crippen LogP contribution in [0.4, 0.5) is 0 Å². The van der Waals surface area contributed by atoms with Crippen LogP contribution in [0.15, 0.2) is 27.6 Å². The highest BCUT2D eigenvalue weighted by atomic mass is 79.9. The highest BCUT2D eigenvalue weighted by Crippen LogP contribution is 2.30. The second-order valence-corrected chi connectivity index (χ2v) is 7.10. The minimum atomic E-state index is -3.46. The Bertz CT molecular complexity index is 561. The number of hydrogen-bond donors (Lipinski definition) is 0. The predicted octanol–water partition coefficient (Wildman–Crippen LogP) is 1.87. The fourth-order valence-corrected chi connectivity index (χ4v) is 4.27. The summed E-state index contributed by atoms with van der Waals surface area (Å²) in [6, 6.07) is 4.76. The van der Waals surface area contributed by atoms with E-state index in [9.17, 15) is 8.42 Å². The van der Waals surface area contributed by atoms with Crippen LogP contribution in [0.3, 0.4) is 0 Å². The topological polar surface area (TPSA) is 55.8 Å². The van der Waals surface area contributed by atoms with Crippen molar-refractivity contribution in [2.75, 3.05) is 27.3 Å². The molecule has 1 saturated heterocycles. The van der Waals surface area contributed by atoms with Gasteiger partial charge in [0, 0.05) is 20.2 Å². The molecule has 0 spiro atoms. The molecule has 1 fully saturated rings. The van der Waals surface area contributed by atoms with Crippen molar-refractivity contribution in [3.63, 3.8) is 0 Å². The molecule has 0 bridgehead atoms. The maximum Gasteiger partial charge on any atom is 0.243 e. The Morgan fingerprint density at radius 1 is 1.37 bits per heavy atom. The number of ether oxygens (including phenoxy) is 2. The van der Waals surface area contributed by atoms with Crippen molar-refractivity contribution in [3.8, 4) is 5.75 Å². The van der Waals surface area contributed by atoms with Gasteiger partial charge in [-0.2, -0.15) is 4.31 Å². The molecule has 0 saturated carbocycles. The first-order valence-electron chi connectivity index (χ1n) is 5.85. The zero-order valence-electron chi connectivity index (χ0n) is 10.8. The van der Waals surface area contributed by atoms with Gasteiger partial charge in [0.1, 0.15) is 5.75 Å². The standard InChI is InChI=1S/C12H16BrNO4S/c1-17-9-5-6-14(8-9)19(15,16)10-3-4-12(18-2)11(13)7-10/h3-4,7,9H,5-6,8H2,1-2H3. The lowest BCUT2D eigenvalue weighted by Gasteiger charge is -2.17. The first-order chi connectivity index (χ1) is 8.98. The minimum absolute atomic E-state index is 0.0172. The molecular weight excluding hydrogens is 334 g/mol. The molecule has 1 aliphatic rings. The van der Waals surface area contributed by atoms with Gasteiger partial charge in [0.05, 0.1) is 22.6 Å². The maximum absolute atomic E-state index is 12.5. The highest BCUT2D eigenvalue weighted by molar-refractivity contribution is 9.10. The normalized spacial score (nSPS) is 20.7. The van der Waals surface area contributed by atoms with Gasteiger partial charge >= 0.3 is 0 Å². The average Bonchev–Trinajstić information content (AvgIpc) is 2.88. The van der Waals surface area contributed by atoms with Gasteiger partial charge in [-0.1, -0.05) is 0 Å². The van der Waals surface area contributed by atoms with Crippen LogP contribution in [0.2, 0.25) is 0 Å². The van der Waals surface area contributed by atoms with E-state index in [1.165, 1.54) is 11.4 Å². The predicted molar refractivity (Wildman–Crippen MR) is 74.9 cm³/mol. The molecule has 2 rings (SSSR count). The molecule has 5 nitrogen and oxygen atoms in total. The fraction of sp³-hybridized carbons (Fsp3) is 0.500. The number of hydrogen-bond acceptors (Lipinski definition) is 4. The second-order valence-electron chi connectivity index (χ2n) is 4.31. The summed E-state index contributed by atoms with van der Waals surface area (Å²) in [5.41, 5.74) is 0. The molecule has 1 aliphatic heterocycles. The van der Waals surface area contributed by atoms with Crippen molar-refractivity contribution in [2.24, 2.45) is 0 Å². The van der Waals surface area contributed by atoms with E-state index in [-0.39, 0.29) is 11.0 Å². The van der Waals surface area contributed by atoms with Crippen molar-refractivity contribution < 1.29 is 17.9 Å². The number of nitrogens with zero attached hydrogens (tertiary/aromatic N) is 1. The molecule has 0 aliphatic carbocycles. The third-order valence-corrected chi connectivity index (χ3v) is 5.68. The van der Waals surface area contributed by atoms with Crippen LogP contribution in [0, 0.1) is 0 Å². The largest absolute Gasteiger partial charge is 0.496 e. The number of halogens is 1. The third kappa shape index (κ3) is 2.94. The molecule has 0 aromatic heterocycles. The summed E-state index contributed by atoms with van der Waals surface area (Å²) in [4.78, 5) is 0.261. The van der Waals surface area contributed by atoms with E-state index in [0.717, 1.165) is 6.42 Å². The zero-order valence-corrected chi connectivity index (χ0v) is 13.2. The van der Waals surface area contributed by atoms with E-state index in [1.54, 1.807) is 25.3 Å². The Hall–Kier alpha value is -0.630. The summed E-state index contributed by atoms with van der Waals surface area (Å²) in [5, 5.41) is 0. The minimum Gasteiger partial charge on any atom is -0.496 e. The number of sulfonamides is 1. The summed E-state index contributed by atoms with van der Waals surface area (Å²) in [7, 11) is -0.320. The van der Waals surface area contributed by atoms with Crippen molar-refractivity contribution in [1.82, 2.24) is 4.31 Å². The van der Waals surface area contributed by atoms with Crippen LogP contribution < -0.4 is 4.74 Å². The molecule has 19 heavy (non-hydrogen) atoms. The smallest absolute Gasteiger partial charge is 0.243 e. The third-order valence-electron chi connectivity index (χ3n) is 3.20. The molecule has 0 radical (unpaired) electrons. The Morgan fingerprint density at radius 3 is 2.63 bits per heavy atom. The van der Waals surface area contributed by atoms with Crippen molar-refractivity contribution in [3.05, 3.63) is 22.7 Å². The van der Waals surface area contributed by atoms with Crippen LogP contribution >= 0.6 is 15.9 Å². The number of benzene rings is 1. The van der Waals surface area contributed by atoms with E-state index in [4.69, 9.17) is 9.47 Å². The van der Waals surface area contributed by atoms with Gasteiger partial charge in [0.2, 0.25) is 10.0 Å². The van der Waals surface area contributed by atoms with Gasteiger partial charge in [0.25, 0.3) is 0 Å². The monoisotopic (exact) mass is 349 g/mol. The SMILES string of the molecule is COc1ccc(S(=O)(=O)N2CCC(OC)C2)cc1Br. The molecule has 1 heterocycles. The first-order valence-corrected chi connectivity index (χ1v) is 8.09. The van der Waals surface area contributed by atoms with E-state index < -0.39 is 10.0 Å². The van der Waals surface area contributed by atoms with Gasteiger partial charge in [-0.15, -0.1) is 0 Å². The molecule has 1 aromatic rings. The Balaban J connectivity index is 2.27. The van der Waals surface area contributed by atoms with Crippen LogP contribution in [-0.2, 0) is 14.8 Å². The Kier molecular flexibility index (Phi) is 4.50. The molecular formula is C12H16BrNO4S. The fourth-order valence-electron chi connectivity index (χ4n) is 2.07. The molecule has 1 unspecified atom stereocenters. The molecule has 1 atom stereocenters. The molecule has 106 valence electrons. The quantitative estimate of drug-likeness (QED) is 0.832. The molecule has 0 N–H and O–H groups in total. The van der Waals surface area contributed by atoms with Gasteiger partial charge in [-0.3, -0.25) is 0 Å². The van der Waals surface area contributed by atoms with Gasteiger partial charge < -0.3 is 9.47 Å². The van der Waals surface area contributed by atoms with E-state index in [2.05, 4.69) is 15.9 Å². The second kappa shape index (κ2) is 5.78. The summed E-state index contributed by atoms with van der Waals surface area (Å²) < 4.78 is 37.3. The summed E-state index contributed by atoms with van der Waals surface area (Å²) in [6.07, 6.45) is 0.712. The first kappa shape index (κ1) is 14.8. The lowest BCUT2D eigenvalue weighted by molar-refractivity contribution is 0.115. The van der Waals surface area contributed by atoms with Gasteiger partial charge in [0.15, 0.2) is 0 Å². The van der Waals surface area contributed by atoms with Crippen LogP contribution in [0.25, 0.3) is 0 Å². The summed E-state index contributed by atoms with van der Waals surface area (Å²) in [6.45, 7) is 0.896. The molecule has 0 amide bonds. The molecule has 7 heteroatoms. The number of rotatable bonds is 4. The van der Waals surface area contributed by atoms with Crippen LogP contribution in [0.5, 0.6) is 5.75 Å². The van der Waals surface area contributed by atoms with Gasteiger partial charge in [-0.05, 0) is 40.5 Å². The number of methoxy groups -OCH3 is 2. The van der Waals surface area contributed by atoms with E-state index in [0.29, 0.717) is 23.3 Å². The lowest BCUT2D eigenvalue weighted by Crippen LogP contribution is -2.30. The lowest BCUT2D eigenvalue weighted by atomic mass is 10.3. The zero-order chi connectivity index (χ0) is 14.0. The Labute approximate surface area is 121 Å².